The summed E-state index contributed by atoms with van der Waals surface area (Å²) in [6.07, 6.45) is 3.85. The second-order valence-electron chi connectivity index (χ2n) is 6.15. The molecule has 1 atom stereocenters. The summed E-state index contributed by atoms with van der Waals surface area (Å²) in [6.45, 7) is 2.78. The number of rotatable bonds is 0. The van der Waals surface area contributed by atoms with Crippen LogP contribution >= 0.6 is 0 Å². The number of amides is 1. The van der Waals surface area contributed by atoms with Crippen molar-refractivity contribution in [2.75, 3.05) is 18.5 Å². The fourth-order valence-electron chi connectivity index (χ4n) is 2.95. The molecule has 7 nitrogen and oxygen atoms in total. The molecule has 1 amide bonds. The molecule has 0 unspecified atom stereocenters. The van der Waals surface area contributed by atoms with E-state index >= 15 is 0 Å². The predicted octanol–water partition coefficient (Wildman–Crippen LogP) is 2.55. The quantitative estimate of drug-likeness (QED) is 0.648. The summed E-state index contributed by atoms with van der Waals surface area (Å²) in [5.41, 5.74) is 1.58. The van der Waals surface area contributed by atoms with Crippen LogP contribution in [0.25, 0.3) is 5.65 Å². The van der Waals surface area contributed by atoms with Crippen molar-refractivity contribution < 1.29 is 13.9 Å². The van der Waals surface area contributed by atoms with E-state index in [1.54, 1.807) is 22.8 Å². The van der Waals surface area contributed by atoms with Gasteiger partial charge in [0.05, 0.1) is 18.8 Å². The van der Waals surface area contributed by atoms with Gasteiger partial charge in [-0.15, -0.1) is 0 Å². The number of carbonyl (C=O) groups is 1. The molecule has 0 saturated heterocycles. The Labute approximate surface area is 149 Å². The molecule has 1 aromatic carbocycles. The minimum atomic E-state index is -0.323. The number of fused-ring (bicyclic) bond motifs is 2. The highest BCUT2D eigenvalue weighted by atomic mass is 19.1. The van der Waals surface area contributed by atoms with Gasteiger partial charge in [-0.1, -0.05) is 0 Å². The molecule has 0 saturated carbocycles. The smallest absolute Gasteiger partial charge is 0.256 e. The van der Waals surface area contributed by atoms with Gasteiger partial charge in [-0.05, 0) is 37.6 Å². The van der Waals surface area contributed by atoms with Crippen molar-refractivity contribution >= 4 is 17.4 Å². The highest BCUT2D eigenvalue weighted by molar-refractivity contribution is 5.99. The largest absolute Gasteiger partial charge is 0.493 e. The molecule has 2 N–H and O–H groups in total. The van der Waals surface area contributed by atoms with E-state index in [0.29, 0.717) is 47.9 Å². The van der Waals surface area contributed by atoms with Crippen LogP contribution in [0.3, 0.4) is 0 Å². The Hall–Kier alpha value is -3.16. The third-order valence-corrected chi connectivity index (χ3v) is 4.28. The maximum atomic E-state index is 13.7. The van der Waals surface area contributed by atoms with E-state index in [0.717, 1.165) is 0 Å². The van der Waals surface area contributed by atoms with Crippen molar-refractivity contribution in [3.8, 4) is 5.75 Å². The number of hydrogen-bond acceptors (Lipinski definition) is 5. The van der Waals surface area contributed by atoms with Gasteiger partial charge >= 0.3 is 0 Å². The van der Waals surface area contributed by atoms with Crippen LogP contribution in [0.1, 0.15) is 35.3 Å². The predicted molar refractivity (Wildman–Crippen MR) is 93.9 cm³/mol. The minimum Gasteiger partial charge on any atom is -0.493 e. The van der Waals surface area contributed by atoms with Crippen LogP contribution in [0.4, 0.5) is 10.2 Å². The molecule has 1 aliphatic heterocycles. The van der Waals surface area contributed by atoms with E-state index < -0.39 is 0 Å². The van der Waals surface area contributed by atoms with E-state index in [9.17, 15) is 9.18 Å². The minimum absolute atomic E-state index is 0.225. The lowest BCUT2D eigenvalue weighted by atomic mass is 10.1. The lowest BCUT2D eigenvalue weighted by Gasteiger charge is -2.19. The summed E-state index contributed by atoms with van der Waals surface area (Å²) in [7, 11) is 0. The van der Waals surface area contributed by atoms with Crippen LogP contribution < -0.4 is 15.4 Å². The summed E-state index contributed by atoms with van der Waals surface area (Å²) in [4.78, 5) is 16.9. The normalized spacial score (nSPS) is 17.8. The van der Waals surface area contributed by atoms with Gasteiger partial charge in [0.15, 0.2) is 5.65 Å². The molecular weight excluding hydrogens is 337 g/mol. The zero-order chi connectivity index (χ0) is 18.1. The Morgan fingerprint density at radius 1 is 1.35 bits per heavy atom. The van der Waals surface area contributed by atoms with Crippen molar-refractivity contribution in [2.45, 2.75) is 19.4 Å². The summed E-state index contributed by atoms with van der Waals surface area (Å²) in [6, 6.07) is 5.98. The van der Waals surface area contributed by atoms with Crippen molar-refractivity contribution in [1.29, 1.82) is 0 Å². The second kappa shape index (κ2) is 6.62. The van der Waals surface area contributed by atoms with Crippen LogP contribution in [0.15, 0.2) is 36.7 Å². The number of hydrogen-bond donors (Lipinski definition) is 2. The third-order valence-electron chi connectivity index (χ3n) is 4.28. The molecule has 0 aliphatic carbocycles. The number of benzene rings is 1. The molecule has 4 rings (SSSR count). The Morgan fingerprint density at radius 3 is 3.12 bits per heavy atom. The van der Waals surface area contributed by atoms with E-state index in [2.05, 4.69) is 20.7 Å². The number of anilines is 1. The lowest BCUT2D eigenvalue weighted by molar-refractivity contribution is 0.0953. The lowest BCUT2D eigenvalue weighted by Crippen LogP contribution is -2.26. The van der Waals surface area contributed by atoms with E-state index in [4.69, 9.17) is 4.74 Å². The molecule has 0 fully saturated rings. The molecule has 2 aromatic heterocycles. The van der Waals surface area contributed by atoms with Crippen LogP contribution in [0, 0.1) is 5.82 Å². The van der Waals surface area contributed by atoms with Gasteiger partial charge < -0.3 is 15.4 Å². The maximum absolute atomic E-state index is 13.7. The zero-order valence-corrected chi connectivity index (χ0v) is 14.2. The monoisotopic (exact) mass is 355 g/mol. The van der Waals surface area contributed by atoms with Gasteiger partial charge in [0.1, 0.15) is 22.9 Å². The highest BCUT2D eigenvalue weighted by Crippen LogP contribution is 2.29. The van der Waals surface area contributed by atoms with Crippen LogP contribution in [0.5, 0.6) is 5.75 Å². The summed E-state index contributed by atoms with van der Waals surface area (Å²) < 4.78 is 21.1. The number of halogens is 1. The first-order chi connectivity index (χ1) is 12.6. The zero-order valence-electron chi connectivity index (χ0n) is 14.2. The average molecular weight is 355 g/mol. The molecule has 8 heteroatoms. The van der Waals surface area contributed by atoms with Gasteiger partial charge in [-0.2, -0.15) is 5.10 Å². The number of carbonyl (C=O) groups excluding carboxylic acids is 1. The van der Waals surface area contributed by atoms with Gasteiger partial charge in [-0.25, -0.2) is 13.9 Å². The van der Waals surface area contributed by atoms with E-state index in [1.807, 2.05) is 6.92 Å². The summed E-state index contributed by atoms with van der Waals surface area (Å²) in [5, 5.41) is 10.2. The Bertz CT molecular complexity index is 971. The first-order valence-corrected chi connectivity index (χ1v) is 8.43. The molecule has 3 heterocycles. The topological polar surface area (TPSA) is 80.5 Å². The second-order valence-corrected chi connectivity index (χ2v) is 6.15. The van der Waals surface area contributed by atoms with E-state index in [-0.39, 0.29) is 17.8 Å². The molecule has 2 bridgehead atoms. The maximum Gasteiger partial charge on any atom is 0.256 e. The fourth-order valence-corrected chi connectivity index (χ4v) is 2.95. The van der Waals surface area contributed by atoms with Gasteiger partial charge in [0, 0.05) is 18.3 Å². The fraction of sp³-hybridized carbons (Fsp3) is 0.278. The molecule has 3 aromatic rings. The van der Waals surface area contributed by atoms with E-state index in [1.165, 1.54) is 18.3 Å². The first-order valence-electron chi connectivity index (χ1n) is 8.43. The number of nitrogens with zero attached hydrogens (tertiary/aromatic N) is 3. The Kier molecular flexibility index (Phi) is 4.16. The highest BCUT2D eigenvalue weighted by Gasteiger charge is 2.17. The number of ether oxygens (including phenoxy) is 1. The Balaban J connectivity index is 1.77. The molecule has 0 spiro atoms. The van der Waals surface area contributed by atoms with Crippen molar-refractivity contribution in [3.63, 3.8) is 0 Å². The van der Waals surface area contributed by atoms with Crippen LogP contribution in [0.2, 0.25) is 0 Å². The standard InChI is InChI=1S/C18H18FN5O2/c1-11-13-9-12(19)3-4-15(13)26-8-2-6-20-18(25)14-10-21-24-7-5-16(22-11)23-17(14)24/h3-5,7,9-11H,2,6,8H2,1H3,(H,20,25)(H,22,23)/t11-/m1/s1. The summed E-state index contributed by atoms with van der Waals surface area (Å²) >= 11 is 0. The molecule has 134 valence electrons. The third kappa shape index (κ3) is 3.05. The molecular formula is C18H18FN5O2. The summed E-state index contributed by atoms with van der Waals surface area (Å²) in [5.74, 6) is 0.626. The number of aromatic nitrogens is 3. The molecule has 0 radical (unpaired) electrons. The number of nitrogens with one attached hydrogen (secondary N) is 2. The Morgan fingerprint density at radius 2 is 2.23 bits per heavy atom. The van der Waals surface area contributed by atoms with Gasteiger partial charge in [-0.3, -0.25) is 4.79 Å². The SMILES string of the molecule is C[C@H]1Nc2ccn3ncc(c3n2)C(=O)NCCCOc2ccc(F)cc21. The van der Waals surface area contributed by atoms with Crippen LogP contribution in [-0.4, -0.2) is 33.7 Å². The van der Waals surface area contributed by atoms with Gasteiger partial charge in [0.2, 0.25) is 0 Å². The average Bonchev–Trinajstić information content (AvgIpc) is 3.05. The molecule has 26 heavy (non-hydrogen) atoms. The van der Waals surface area contributed by atoms with Crippen LogP contribution in [-0.2, 0) is 0 Å². The van der Waals surface area contributed by atoms with Crippen molar-refractivity contribution in [1.82, 2.24) is 19.9 Å². The van der Waals surface area contributed by atoms with Gasteiger partial charge in [0.25, 0.3) is 5.91 Å². The van der Waals surface area contributed by atoms with Crippen molar-refractivity contribution in [3.05, 3.63) is 53.6 Å². The first kappa shape index (κ1) is 16.3. The molecule has 1 aliphatic rings. The van der Waals surface area contributed by atoms with Crippen molar-refractivity contribution in [2.24, 2.45) is 0 Å².